The van der Waals surface area contributed by atoms with Gasteiger partial charge in [-0.25, -0.2) is 0 Å². The molecule has 0 bridgehead atoms. The number of rotatable bonds is 7. The Kier molecular flexibility index (Phi) is 5.19. The molecule has 90 valence electrons. The zero-order valence-electron chi connectivity index (χ0n) is 10.4. The minimum atomic E-state index is 0.114. The van der Waals surface area contributed by atoms with Crippen LogP contribution in [0.5, 0.6) is 0 Å². The van der Waals surface area contributed by atoms with Gasteiger partial charge in [0.1, 0.15) is 0 Å². The van der Waals surface area contributed by atoms with Gasteiger partial charge in [0.2, 0.25) is 0 Å². The Labute approximate surface area is 97.0 Å². The molecule has 1 N–H and O–H groups in total. The van der Waals surface area contributed by atoms with Crippen molar-refractivity contribution in [2.75, 3.05) is 6.54 Å². The lowest BCUT2D eigenvalue weighted by Crippen LogP contribution is -2.30. The standard InChI is InChI=1S/C12H21N3O/c1-4-6-15-9-11(7-14-15)12(16)8-13-10(3)5-2/h7,9-10,13H,4-6,8H2,1-3H3. The zero-order valence-corrected chi connectivity index (χ0v) is 10.4. The van der Waals surface area contributed by atoms with Crippen LogP contribution < -0.4 is 5.32 Å². The third-order valence-corrected chi connectivity index (χ3v) is 2.63. The van der Waals surface area contributed by atoms with Gasteiger partial charge in [-0.1, -0.05) is 13.8 Å². The van der Waals surface area contributed by atoms with E-state index in [9.17, 15) is 4.79 Å². The fourth-order valence-electron chi connectivity index (χ4n) is 1.37. The molecule has 0 aliphatic rings. The molecule has 0 fully saturated rings. The highest BCUT2D eigenvalue weighted by Crippen LogP contribution is 2.00. The summed E-state index contributed by atoms with van der Waals surface area (Å²) < 4.78 is 1.82. The van der Waals surface area contributed by atoms with E-state index in [0.717, 1.165) is 19.4 Å². The molecule has 0 aromatic carbocycles. The highest BCUT2D eigenvalue weighted by molar-refractivity contribution is 5.97. The third-order valence-electron chi connectivity index (χ3n) is 2.63. The molecular weight excluding hydrogens is 202 g/mol. The highest BCUT2D eigenvalue weighted by atomic mass is 16.1. The summed E-state index contributed by atoms with van der Waals surface area (Å²) in [5.74, 6) is 0.114. The average Bonchev–Trinajstić information content (AvgIpc) is 2.74. The van der Waals surface area contributed by atoms with E-state index in [1.807, 2.05) is 10.9 Å². The molecule has 1 aromatic heterocycles. The molecule has 0 aliphatic heterocycles. The number of hydrogen-bond acceptors (Lipinski definition) is 3. The minimum Gasteiger partial charge on any atom is -0.307 e. The average molecular weight is 223 g/mol. The second-order valence-corrected chi connectivity index (χ2v) is 4.11. The number of nitrogens with one attached hydrogen (secondary N) is 1. The lowest BCUT2D eigenvalue weighted by atomic mass is 10.2. The Morgan fingerprint density at radius 3 is 2.94 bits per heavy atom. The summed E-state index contributed by atoms with van der Waals surface area (Å²) in [7, 11) is 0. The van der Waals surface area contributed by atoms with E-state index < -0.39 is 0 Å². The van der Waals surface area contributed by atoms with Crippen LogP contribution in [0.3, 0.4) is 0 Å². The van der Waals surface area contributed by atoms with Gasteiger partial charge >= 0.3 is 0 Å². The second kappa shape index (κ2) is 6.43. The predicted molar refractivity (Wildman–Crippen MR) is 64.6 cm³/mol. The van der Waals surface area contributed by atoms with Crippen LogP contribution >= 0.6 is 0 Å². The van der Waals surface area contributed by atoms with E-state index in [1.165, 1.54) is 0 Å². The highest BCUT2D eigenvalue weighted by Gasteiger charge is 2.09. The molecule has 0 saturated carbocycles. The van der Waals surface area contributed by atoms with E-state index in [0.29, 0.717) is 18.2 Å². The van der Waals surface area contributed by atoms with Crippen molar-refractivity contribution in [3.8, 4) is 0 Å². The predicted octanol–water partition coefficient (Wildman–Crippen LogP) is 1.86. The number of aryl methyl sites for hydroxylation is 1. The van der Waals surface area contributed by atoms with E-state index >= 15 is 0 Å². The van der Waals surface area contributed by atoms with Crippen LogP contribution in [-0.4, -0.2) is 28.2 Å². The summed E-state index contributed by atoms with van der Waals surface area (Å²) in [4.78, 5) is 11.8. The van der Waals surface area contributed by atoms with Gasteiger partial charge in [-0.15, -0.1) is 0 Å². The number of aromatic nitrogens is 2. The first-order valence-electron chi connectivity index (χ1n) is 5.96. The molecule has 0 spiro atoms. The first-order chi connectivity index (χ1) is 7.67. The summed E-state index contributed by atoms with van der Waals surface area (Å²) >= 11 is 0. The Bertz CT molecular complexity index is 333. The molecule has 1 atom stereocenters. The van der Waals surface area contributed by atoms with Crippen LogP contribution in [0.15, 0.2) is 12.4 Å². The third kappa shape index (κ3) is 3.77. The molecule has 0 aliphatic carbocycles. The molecule has 4 heteroatoms. The molecule has 0 amide bonds. The van der Waals surface area contributed by atoms with Crippen molar-refractivity contribution in [3.05, 3.63) is 18.0 Å². The maximum Gasteiger partial charge on any atom is 0.179 e. The van der Waals surface area contributed by atoms with Gasteiger partial charge in [0.05, 0.1) is 18.3 Å². The van der Waals surface area contributed by atoms with Crippen LogP contribution in [0.1, 0.15) is 44.0 Å². The van der Waals surface area contributed by atoms with E-state index in [1.54, 1.807) is 6.20 Å². The molecule has 16 heavy (non-hydrogen) atoms. The van der Waals surface area contributed by atoms with Crippen LogP contribution in [0.25, 0.3) is 0 Å². The van der Waals surface area contributed by atoms with E-state index in [4.69, 9.17) is 0 Å². The molecule has 1 heterocycles. The fourth-order valence-corrected chi connectivity index (χ4v) is 1.37. The molecule has 1 rings (SSSR count). The van der Waals surface area contributed by atoms with Gasteiger partial charge < -0.3 is 5.32 Å². The quantitative estimate of drug-likeness (QED) is 0.718. The first kappa shape index (κ1) is 12.9. The molecule has 1 unspecified atom stereocenters. The molecular formula is C12H21N3O. The largest absolute Gasteiger partial charge is 0.307 e. The lowest BCUT2D eigenvalue weighted by Gasteiger charge is -2.09. The number of hydrogen-bond donors (Lipinski definition) is 1. The molecule has 1 aromatic rings. The van der Waals surface area contributed by atoms with Crippen LogP contribution in [0.2, 0.25) is 0 Å². The maximum atomic E-state index is 11.8. The number of carbonyl (C=O) groups excluding carboxylic acids is 1. The van der Waals surface area contributed by atoms with Crippen molar-refractivity contribution in [2.45, 2.75) is 46.2 Å². The van der Waals surface area contributed by atoms with E-state index in [-0.39, 0.29) is 5.78 Å². The fraction of sp³-hybridized carbons (Fsp3) is 0.667. The monoisotopic (exact) mass is 223 g/mol. The molecule has 4 nitrogen and oxygen atoms in total. The van der Waals surface area contributed by atoms with Crippen molar-refractivity contribution in [1.29, 1.82) is 0 Å². The summed E-state index contributed by atoms with van der Waals surface area (Å²) in [6.45, 7) is 7.53. The second-order valence-electron chi connectivity index (χ2n) is 4.11. The Hall–Kier alpha value is -1.16. The van der Waals surface area contributed by atoms with Crippen molar-refractivity contribution < 1.29 is 4.79 Å². The molecule has 0 saturated heterocycles. The SMILES string of the molecule is CCCn1cc(C(=O)CNC(C)CC)cn1. The Morgan fingerprint density at radius 1 is 1.56 bits per heavy atom. The first-order valence-corrected chi connectivity index (χ1v) is 5.96. The number of Topliss-reactive ketones (excluding diaryl/α,β-unsaturated/α-hetero) is 1. The van der Waals surface area contributed by atoms with Crippen LogP contribution in [0, 0.1) is 0 Å². The zero-order chi connectivity index (χ0) is 12.0. The van der Waals surface area contributed by atoms with Crippen molar-refractivity contribution in [1.82, 2.24) is 15.1 Å². The van der Waals surface area contributed by atoms with Gasteiger partial charge in [0, 0.05) is 18.8 Å². The summed E-state index contributed by atoms with van der Waals surface area (Å²) in [5.41, 5.74) is 0.698. The normalized spacial score (nSPS) is 12.7. The van der Waals surface area contributed by atoms with Gasteiger partial charge in [0.15, 0.2) is 5.78 Å². The maximum absolute atomic E-state index is 11.8. The van der Waals surface area contributed by atoms with Gasteiger partial charge in [-0.3, -0.25) is 9.48 Å². The number of nitrogens with zero attached hydrogens (tertiary/aromatic N) is 2. The lowest BCUT2D eigenvalue weighted by molar-refractivity contribution is 0.0987. The minimum absolute atomic E-state index is 0.114. The van der Waals surface area contributed by atoms with Crippen LogP contribution in [-0.2, 0) is 6.54 Å². The van der Waals surface area contributed by atoms with Gasteiger partial charge in [-0.2, -0.15) is 5.10 Å². The Balaban J connectivity index is 2.46. The smallest absolute Gasteiger partial charge is 0.179 e. The molecule has 0 radical (unpaired) electrons. The topological polar surface area (TPSA) is 46.9 Å². The summed E-state index contributed by atoms with van der Waals surface area (Å²) in [6.07, 6.45) is 5.53. The van der Waals surface area contributed by atoms with Gasteiger partial charge in [-0.05, 0) is 19.8 Å². The van der Waals surface area contributed by atoms with Crippen molar-refractivity contribution >= 4 is 5.78 Å². The summed E-state index contributed by atoms with van der Waals surface area (Å²) in [6, 6.07) is 0.384. The van der Waals surface area contributed by atoms with E-state index in [2.05, 4.69) is 31.2 Å². The van der Waals surface area contributed by atoms with Crippen LogP contribution in [0.4, 0.5) is 0 Å². The number of carbonyl (C=O) groups is 1. The van der Waals surface area contributed by atoms with Gasteiger partial charge in [0.25, 0.3) is 0 Å². The number of ketones is 1. The Morgan fingerprint density at radius 2 is 2.31 bits per heavy atom. The summed E-state index contributed by atoms with van der Waals surface area (Å²) in [5, 5.41) is 7.33. The van der Waals surface area contributed by atoms with Crippen molar-refractivity contribution in [2.24, 2.45) is 0 Å². The van der Waals surface area contributed by atoms with Crippen molar-refractivity contribution in [3.63, 3.8) is 0 Å².